The number of carbonyl (C=O) groups is 1. The number of hydrogen-bond donors (Lipinski definition) is 1. The number of rotatable bonds is 6. The van der Waals surface area contributed by atoms with Crippen molar-refractivity contribution in [3.63, 3.8) is 0 Å². The van der Waals surface area contributed by atoms with Gasteiger partial charge in [-0.2, -0.15) is 5.10 Å². The first-order valence-electron chi connectivity index (χ1n) is 6.49. The van der Waals surface area contributed by atoms with Crippen LogP contribution in [0.5, 0.6) is 0 Å². The lowest BCUT2D eigenvalue weighted by Gasteiger charge is -2.26. The Balaban J connectivity index is 2.92. The van der Waals surface area contributed by atoms with E-state index in [1.807, 2.05) is 26.8 Å². The SMILES string of the molecule is CCc1cc(C(=O)N(CCC(N)=S)C(C)C)n(C)n1. The fourth-order valence-electron chi connectivity index (χ4n) is 1.87. The zero-order valence-electron chi connectivity index (χ0n) is 12.0. The Bertz CT molecular complexity index is 467. The van der Waals surface area contributed by atoms with Crippen LogP contribution in [0, 0.1) is 0 Å². The summed E-state index contributed by atoms with van der Waals surface area (Å²) in [4.78, 5) is 14.7. The third kappa shape index (κ3) is 4.02. The molecule has 0 aliphatic rings. The minimum Gasteiger partial charge on any atom is -0.393 e. The van der Waals surface area contributed by atoms with Crippen LogP contribution < -0.4 is 5.73 Å². The second-order valence-corrected chi connectivity index (χ2v) is 5.33. The molecule has 0 radical (unpaired) electrons. The Kier molecular flexibility index (Phi) is 5.47. The van der Waals surface area contributed by atoms with Crippen molar-refractivity contribution in [3.05, 3.63) is 17.5 Å². The lowest BCUT2D eigenvalue weighted by Crippen LogP contribution is -2.39. The van der Waals surface area contributed by atoms with E-state index in [-0.39, 0.29) is 11.9 Å². The molecule has 2 N–H and O–H groups in total. The summed E-state index contributed by atoms with van der Waals surface area (Å²) in [6.45, 7) is 6.52. The highest BCUT2D eigenvalue weighted by Crippen LogP contribution is 2.11. The molecule has 0 spiro atoms. The van der Waals surface area contributed by atoms with Crippen LogP contribution in [0.4, 0.5) is 0 Å². The third-order valence-corrected chi connectivity index (χ3v) is 3.20. The number of nitrogens with two attached hydrogens (primary N) is 1. The van der Waals surface area contributed by atoms with Crippen LogP contribution >= 0.6 is 12.2 Å². The average Bonchev–Trinajstić information content (AvgIpc) is 2.69. The lowest BCUT2D eigenvalue weighted by molar-refractivity contribution is 0.0700. The van der Waals surface area contributed by atoms with Crippen LogP contribution in [0.25, 0.3) is 0 Å². The first-order valence-corrected chi connectivity index (χ1v) is 6.89. The van der Waals surface area contributed by atoms with Crippen LogP contribution in [0.1, 0.15) is 43.4 Å². The first kappa shape index (κ1) is 15.6. The summed E-state index contributed by atoms with van der Waals surface area (Å²) in [5, 5.41) is 4.31. The maximum absolute atomic E-state index is 12.5. The smallest absolute Gasteiger partial charge is 0.272 e. The highest BCUT2D eigenvalue weighted by atomic mass is 32.1. The molecule has 1 aromatic heterocycles. The fraction of sp³-hybridized carbons (Fsp3) is 0.615. The van der Waals surface area contributed by atoms with Gasteiger partial charge in [0.05, 0.1) is 10.7 Å². The molecule has 0 aliphatic carbocycles. The Labute approximate surface area is 119 Å². The number of nitrogens with zero attached hydrogens (tertiary/aromatic N) is 3. The second kappa shape index (κ2) is 6.65. The van der Waals surface area contributed by atoms with Crippen LogP contribution in [0.3, 0.4) is 0 Å². The van der Waals surface area contributed by atoms with Crippen molar-refractivity contribution in [1.82, 2.24) is 14.7 Å². The average molecular weight is 282 g/mol. The van der Waals surface area contributed by atoms with Gasteiger partial charge >= 0.3 is 0 Å². The minimum absolute atomic E-state index is 0.0269. The molecule has 5 nitrogen and oxygen atoms in total. The van der Waals surface area contributed by atoms with Crippen LogP contribution in [-0.4, -0.2) is 38.2 Å². The molecule has 0 aliphatic heterocycles. The van der Waals surface area contributed by atoms with E-state index in [0.717, 1.165) is 12.1 Å². The summed E-state index contributed by atoms with van der Waals surface area (Å²) in [5.74, 6) is -0.0269. The van der Waals surface area contributed by atoms with Gasteiger partial charge in [-0.3, -0.25) is 9.48 Å². The Morgan fingerprint density at radius 1 is 1.58 bits per heavy atom. The number of hydrogen-bond acceptors (Lipinski definition) is 3. The number of aromatic nitrogens is 2. The van der Waals surface area contributed by atoms with Gasteiger partial charge < -0.3 is 10.6 Å². The third-order valence-electron chi connectivity index (χ3n) is 3.00. The molecule has 1 rings (SSSR count). The van der Waals surface area contributed by atoms with Gasteiger partial charge in [-0.15, -0.1) is 0 Å². The van der Waals surface area contributed by atoms with Crippen molar-refractivity contribution in [2.45, 2.75) is 39.7 Å². The van der Waals surface area contributed by atoms with E-state index >= 15 is 0 Å². The van der Waals surface area contributed by atoms with Gasteiger partial charge in [-0.05, 0) is 26.3 Å². The van der Waals surface area contributed by atoms with Crippen molar-refractivity contribution < 1.29 is 4.79 Å². The molecule has 1 aromatic rings. The molecule has 0 saturated heterocycles. The quantitative estimate of drug-likeness (QED) is 0.803. The molecule has 1 heterocycles. The molecule has 0 aromatic carbocycles. The van der Waals surface area contributed by atoms with Gasteiger partial charge in [-0.25, -0.2) is 0 Å². The molecular formula is C13H22N4OS. The molecule has 0 atom stereocenters. The van der Waals surface area contributed by atoms with Crippen molar-refractivity contribution in [1.29, 1.82) is 0 Å². The van der Waals surface area contributed by atoms with Gasteiger partial charge in [-0.1, -0.05) is 19.1 Å². The van der Waals surface area contributed by atoms with E-state index < -0.39 is 0 Å². The monoisotopic (exact) mass is 282 g/mol. The van der Waals surface area contributed by atoms with Gasteiger partial charge in [0.25, 0.3) is 5.91 Å². The molecular weight excluding hydrogens is 260 g/mol. The van der Waals surface area contributed by atoms with Crippen LogP contribution in [0.2, 0.25) is 0 Å². The maximum atomic E-state index is 12.5. The standard InChI is InChI=1S/C13H22N4OS/c1-5-10-8-11(16(4)15-10)13(18)17(9(2)3)7-6-12(14)19/h8-9H,5-7H2,1-4H3,(H2,14,19). The summed E-state index contributed by atoms with van der Waals surface area (Å²) in [5.41, 5.74) is 7.04. The molecule has 0 fully saturated rings. The van der Waals surface area contributed by atoms with E-state index in [9.17, 15) is 4.79 Å². The zero-order valence-corrected chi connectivity index (χ0v) is 12.8. The summed E-state index contributed by atoms with van der Waals surface area (Å²) in [6, 6.07) is 1.94. The van der Waals surface area contributed by atoms with Crippen LogP contribution in [-0.2, 0) is 13.5 Å². The number of amides is 1. The summed E-state index contributed by atoms with van der Waals surface area (Å²) in [7, 11) is 1.79. The van der Waals surface area contributed by atoms with Crippen LogP contribution in [0.15, 0.2) is 6.07 Å². The van der Waals surface area contributed by atoms with Gasteiger partial charge in [0.2, 0.25) is 0 Å². The van der Waals surface area contributed by atoms with Crippen molar-refractivity contribution in [3.8, 4) is 0 Å². The molecule has 0 bridgehead atoms. The van der Waals surface area contributed by atoms with Crippen molar-refractivity contribution >= 4 is 23.1 Å². The first-order chi connectivity index (χ1) is 8.86. The molecule has 6 heteroatoms. The van der Waals surface area contributed by atoms with Crippen molar-refractivity contribution in [2.24, 2.45) is 12.8 Å². The highest BCUT2D eigenvalue weighted by Gasteiger charge is 2.22. The molecule has 1 amide bonds. The predicted octanol–water partition coefficient (Wildman–Crippen LogP) is 1.51. The number of thiocarbonyl (C=S) groups is 1. The van der Waals surface area contributed by atoms with E-state index in [2.05, 4.69) is 5.10 Å². The van der Waals surface area contributed by atoms with E-state index in [0.29, 0.717) is 23.6 Å². The zero-order chi connectivity index (χ0) is 14.6. The molecule has 0 unspecified atom stereocenters. The summed E-state index contributed by atoms with van der Waals surface area (Å²) >= 11 is 4.87. The Morgan fingerprint density at radius 2 is 2.21 bits per heavy atom. The number of aryl methyl sites for hydroxylation is 2. The van der Waals surface area contributed by atoms with Crippen molar-refractivity contribution in [2.75, 3.05) is 6.54 Å². The van der Waals surface area contributed by atoms with E-state index in [4.69, 9.17) is 18.0 Å². The molecule has 19 heavy (non-hydrogen) atoms. The van der Waals surface area contributed by atoms with E-state index in [1.54, 1.807) is 16.6 Å². The van der Waals surface area contributed by atoms with E-state index in [1.165, 1.54) is 0 Å². The second-order valence-electron chi connectivity index (χ2n) is 4.81. The predicted molar refractivity (Wildman–Crippen MR) is 80.2 cm³/mol. The van der Waals surface area contributed by atoms with Gasteiger partial charge in [0.15, 0.2) is 0 Å². The Morgan fingerprint density at radius 3 is 2.63 bits per heavy atom. The lowest BCUT2D eigenvalue weighted by atomic mass is 10.2. The summed E-state index contributed by atoms with van der Waals surface area (Å²) in [6.07, 6.45) is 1.35. The molecule has 0 saturated carbocycles. The number of carbonyl (C=O) groups excluding carboxylic acids is 1. The Hall–Kier alpha value is -1.43. The van der Waals surface area contributed by atoms with Gasteiger partial charge in [0.1, 0.15) is 5.69 Å². The fourth-order valence-corrected chi connectivity index (χ4v) is 1.96. The molecule has 106 valence electrons. The topological polar surface area (TPSA) is 64.2 Å². The highest BCUT2D eigenvalue weighted by molar-refractivity contribution is 7.80. The normalized spacial score (nSPS) is 10.8. The summed E-state index contributed by atoms with van der Waals surface area (Å²) < 4.78 is 1.64. The van der Waals surface area contributed by atoms with Gasteiger partial charge in [0, 0.05) is 26.1 Å². The maximum Gasteiger partial charge on any atom is 0.272 e. The largest absolute Gasteiger partial charge is 0.393 e. The minimum atomic E-state index is -0.0269.